The van der Waals surface area contributed by atoms with Crippen LogP contribution in [-0.4, -0.2) is 37.5 Å². The fourth-order valence-corrected chi connectivity index (χ4v) is 3.00. The fraction of sp³-hybridized carbons (Fsp3) is 0.438. The zero-order valence-corrected chi connectivity index (χ0v) is 12.6. The van der Waals surface area contributed by atoms with Crippen molar-refractivity contribution in [1.29, 1.82) is 0 Å². The van der Waals surface area contributed by atoms with Gasteiger partial charge in [-0.3, -0.25) is 5.32 Å². The van der Waals surface area contributed by atoms with Gasteiger partial charge in [-0.15, -0.1) is 0 Å². The Morgan fingerprint density at radius 3 is 2.80 bits per heavy atom. The molecule has 1 N–H and O–H groups in total. The van der Waals surface area contributed by atoms with Gasteiger partial charge in [-0.05, 0) is 31.7 Å². The molecular weight excluding hydrogens is 248 g/mol. The summed E-state index contributed by atoms with van der Waals surface area (Å²) in [5.74, 6) is 2.64. The molecular formula is C16H22N4. The molecule has 2 atom stereocenters. The number of likely N-dealkylation sites (N-methyl/N-ethyl adjacent to an activating group) is 2. The zero-order valence-electron chi connectivity index (χ0n) is 12.6. The largest absolute Gasteiger partial charge is 0.344 e. The van der Waals surface area contributed by atoms with Gasteiger partial charge in [-0.2, -0.15) is 0 Å². The van der Waals surface area contributed by atoms with Crippen LogP contribution in [0.15, 0.2) is 41.2 Å². The first-order valence-corrected chi connectivity index (χ1v) is 7.15. The van der Waals surface area contributed by atoms with Crippen LogP contribution < -0.4 is 10.2 Å². The predicted octanol–water partition coefficient (Wildman–Crippen LogP) is 2.36. The van der Waals surface area contributed by atoms with Crippen LogP contribution >= 0.6 is 0 Å². The second-order valence-electron chi connectivity index (χ2n) is 5.60. The van der Waals surface area contributed by atoms with E-state index in [1.807, 2.05) is 7.05 Å². The Kier molecular flexibility index (Phi) is 3.26. The quantitative estimate of drug-likeness (QED) is 0.895. The number of amidine groups is 1. The third-order valence-corrected chi connectivity index (χ3v) is 4.30. The average molecular weight is 270 g/mol. The Balaban J connectivity index is 1.99. The van der Waals surface area contributed by atoms with Gasteiger partial charge in [0.25, 0.3) is 0 Å². The fourth-order valence-electron chi connectivity index (χ4n) is 3.00. The van der Waals surface area contributed by atoms with Gasteiger partial charge in [-0.25, -0.2) is 4.99 Å². The van der Waals surface area contributed by atoms with Crippen LogP contribution in [0.5, 0.6) is 0 Å². The summed E-state index contributed by atoms with van der Waals surface area (Å²) in [6.07, 6.45) is 2.40. The van der Waals surface area contributed by atoms with E-state index in [0.717, 1.165) is 18.2 Å². The number of nitrogens with zero attached hydrogens (tertiary/aromatic N) is 3. The van der Waals surface area contributed by atoms with E-state index in [0.29, 0.717) is 5.92 Å². The summed E-state index contributed by atoms with van der Waals surface area (Å²) < 4.78 is 0. The molecule has 0 aromatic heterocycles. The number of rotatable bonds is 2. The van der Waals surface area contributed by atoms with Crippen LogP contribution in [-0.2, 0) is 0 Å². The lowest BCUT2D eigenvalue weighted by atomic mass is 10.0. The van der Waals surface area contributed by atoms with E-state index in [-0.39, 0.29) is 6.17 Å². The number of hydrogen-bond acceptors (Lipinski definition) is 4. The first-order chi connectivity index (χ1) is 9.61. The highest BCUT2D eigenvalue weighted by atomic mass is 15.3. The van der Waals surface area contributed by atoms with Gasteiger partial charge in [0.2, 0.25) is 0 Å². The normalized spacial score (nSPS) is 25.4. The Hall–Kier alpha value is -1.81. The summed E-state index contributed by atoms with van der Waals surface area (Å²) in [6.45, 7) is 5.34. The van der Waals surface area contributed by atoms with E-state index in [2.05, 4.69) is 66.4 Å². The lowest BCUT2D eigenvalue weighted by Crippen LogP contribution is -2.46. The minimum atomic E-state index is 0.200. The highest BCUT2D eigenvalue weighted by Crippen LogP contribution is 2.38. The molecule has 0 bridgehead atoms. The molecule has 2 aliphatic rings. The number of aliphatic imine (C=N–C) groups is 1. The maximum absolute atomic E-state index is 4.77. The first kappa shape index (κ1) is 13.2. The summed E-state index contributed by atoms with van der Waals surface area (Å²) in [5.41, 5.74) is 2.71. The minimum absolute atomic E-state index is 0.200. The molecule has 0 amide bonds. The predicted molar refractivity (Wildman–Crippen MR) is 84.0 cm³/mol. The van der Waals surface area contributed by atoms with Crippen LogP contribution in [0.3, 0.4) is 0 Å². The van der Waals surface area contributed by atoms with E-state index in [1.165, 1.54) is 11.3 Å². The molecule has 0 spiro atoms. The van der Waals surface area contributed by atoms with E-state index >= 15 is 0 Å². The third kappa shape index (κ3) is 2.00. The molecule has 1 aromatic rings. The standard InChI is InChI=1S/C16H22N4/c1-11-10-20(14-8-6-5-7-13(11)14)16-9-15(17-3)19(4)12(2)18-16/h5-9,11,15,17H,10H2,1-4H3. The SMILES string of the molecule is CNC1C=C(N2CC(C)c3ccccc32)N=C(C)N1C. The highest BCUT2D eigenvalue weighted by molar-refractivity contribution is 5.83. The number of hydrogen-bond donors (Lipinski definition) is 1. The average Bonchev–Trinajstić information content (AvgIpc) is 2.80. The Bertz CT molecular complexity index is 576. The molecule has 0 radical (unpaired) electrons. The van der Waals surface area contributed by atoms with Crippen LogP contribution in [0.2, 0.25) is 0 Å². The van der Waals surface area contributed by atoms with Crippen molar-refractivity contribution in [3.63, 3.8) is 0 Å². The van der Waals surface area contributed by atoms with Gasteiger partial charge in [-0.1, -0.05) is 25.1 Å². The molecule has 4 nitrogen and oxygen atoms in total. The van der Waals surface area contributed by atoms with Gasteiger partial charge in [0.05, 0.1) is 0 Å². The molecule has 2 unspecified atom stereocenters. The Labute approximate surface area is 120 Å². The van der Waals surface area contributed by atoms with Crippen molar-refractivity contribution in [2.75, 3.05) is 25.5 Å². The zero-order chi connectivity index (χ0) is 14.3. The lowest BCUT2D eigenvalue weighted by molar-refractivity contribution is 0.371. The number of benzene rings is 1. The van der Waals surface area contributed by atoms with Gasteiger partial charge < -0.3 is 9.80 Å². The van der Waals surface area contributed by atoms with E-state index in [4.69, 9.17) is 4.99 Å². The maximum Gasteiger partial charge on any atom is 0.134 e. The second kappa shape index (κ2) is 4.94. The molecule has 4 heteroatoms. The summed E-state index contributed by atoms with van der Waals surface area (Å²) in [7, 11) is 4.04. The Morgan fingerprint density at radius 1 is 1.30 bits per heavy atom. The van der Waals surface area contributed by atoms with Gasteiger partial charge >= 0.3 is 0 Å². The molecule has 0 aliphatic carbocycles. The van der Waals surface area contributed by atoms with Crippen LogP contribution in [0.4, 0.5) is 5.69 Å². The van der Waals surface area contributed by atoms with Crippen molar-refractivity contribution in [2.24, 2.45) is 4.99 Å². The van der Waals surface area contributed by atoms with Crippen LogP contribution in [0.1, 0.15) is 25.3 Å². The van der Waals surface area contributed by atoms with Gasteiger partial charge in [0.1, 0.15) is 17.8 Å². The summed E-state index contributed by atoms with van der Waals surface area (Å²) in [6, 6.07) is 8.64. The molecule has 0 fully saturated rings. The van der Waals surface area contributed by atoms with Crippen LogP contribution in [0.25, 0.3) is 0 Å². The third-order valence-electron chi connectivity index (χ3n) is 4.30. The first-order valence-electron chi connectivity index (χ1n) is 7.15. The molecule has 3 rings (SSSR count). The van der Waals surface area contributed by atoms with Crippen molar-refractivity contribution in [2.45, 2.75) is 25.9 Å². The number of anilines is 1. The molecule has 0 saturated carbocycles. The van der Waals surface area contributed by atoms with Crippen molar-refractivity contribution in [3.8, 4) is 0 Å². The summed E-state index contributed by atoms with van der Waals surface area (Å²) in [5, 5.41) is 3.31. The molecule has 2 aliphatic heterocycles. The van der Waals surface area contributed by atoms with E-state index in [9.17, 15) is 0 Å². The van der Waals surface area contributed by atoms with E-state index < -0.39 is 0 Å². The van der Waals surface area contributed by atoms with Crippen molar-refractivity contribution < 1.29 is 0 Å². The summed E-state index contributed by atoms with van der Waals surface area (Å²) >= 11 is 0. The molecule has 0 saturated heterocycles. The van der Waals surface area contributed by atoms with Crippen molar-refractivity contribution >= 4 is 11.5 Å². The highest BCUT2D eigenvalue weighted by Gasteiger charge is 2.29. The maximum atomic E-state index is 4.77. The van der Waals surface area contributed by atoms with Gasteiger partial charge in [0.15, 0.2) is 0 Å². The van der Waals surface area contributed by atoms with E-state index in [1.54, 1.807) is 0 Å². The van der Waals surface area contributed by atoms with Gasteiger partial charge in [0, 0.05) is 25.2 Å². The minimum Gasteiger partial charge on any atom is -0.344 e. The number of para-hydroxylation sites is 1. The lowest BCUT2D eigenvalue weighted by Gasteiger charge is -2.33. The summed E-state index contributed by atoms with van der Waals surface area (Å²) in [4.78, 5) is 9.25. The number of fused-ring (bicyclic) bond motifs is 1. The Morgan fingerprint density at radius 2 is 2.05 bits per heavy atom. The second-order valence-corrected chi connectivity index (χ2v) is 5.60. The molecule has 1 aromatic carbocycles. The van der Waals surface area contributed by atoms with Crippen molar-refractivity contribution in [3.05, 3.63) is 41.7 Å². The topological polar surface area (TPSA) is 30.9 Å². The molecule has 2 heterocycles. The monoisotopic (exact) mass is 270 g/mol. The smallest absolute Gasteiger partial charge is 0.134 e. The van der Waals surface area contributed by atoms with Crippen LogP contribution in [0, 0.1) is 0 Å². The molecule has 106 valence electrons. The van der Waals surface area contributed by atoms with Crippen molar-refractivity contribution in [1.82, 2.24) is 10.2 Å². The molecule has 20 heavy (non-hydrogen) atoms. The number of nitrogens with one attached hydrogen (secondary N) is 1.